The van der Waals surface area contributed by atoms with Crippen LogP contribution < -0.4 is 10.1 Å². The van der Waals surface area contributed by atoms with Crippen molar-refractivity contribution in [2.24, 2.45) is 5.41 Å². The molecule has 1 N–H and O–H groups in total. The summed E-state index contributed by atoms with van der Waals surface area (Å²) in [5.41, 5.74) is 1.00. The summed E-state index contributed by atoms with van der Waals surface area (Å²) in [6.45, 7) is 2.19. The quantitative estimate of drug-likeness (QED) is 0.860. The Morgan fingerprint density at radius 1 is 1.30 bits per heavy atom. The fraction of sp³-hybridized carbons (Fsp3) is 0.562. The fourth-order valence-corrected chi connectivity index (χ4v) is 3.32. The second kappa shape index (κ2) is 5.44. The molecule has 0 amide bonds. The van der Waals surface area contributed by atoms with E-state index in [1.807, 2.05) is 12.1 Å². The van der Waals surface area contributed by atoms with Crippen molar-refractivity contribution in [3.05, 3.63) is 29.8 Å². The Labute approximate surface area is 119 Å². The number of rotatable bonds is 3. The predicted octanol–water partition coefficient (Wildman–Crippen LogP) is 2.38. The summed E-state index contributed by atoms with van der Waals surface area (Å²) in [5, 5.41) is 3.38. The van der Waals surface area contributed by atoms with Gasteiger partial charge in [-0.1, -0.05) is 6.07 Å². The summed E-state index contributed by atoms with van der Waals surface area (Å²) in [6.07, 6.45) is 4.54. The molecule has 1 heterocycles. The summed E-state index contributed by atoms with van der Waals surface area (Å²) < 4.78 is 10.7. The molecule has 0 aromatic heterocycles. The summed E-state index contributed by atoms with van der Waals surface area (Å²) in [5.74, 6) is 0.445. The first-order valence-electron chi connectivity index (χ1n) is 7.27. The van der Waals surface area contributed by atoms with Gasteiger partial charge < -0.3 is 14.8 Å². The van der Waals surface area contributed by atoms with Crippen LogP contribution in [0.5, 0.6) is 5.75 Å². The van der Waals surface area contributed by atoms with E-state index in [-0.39, 0.29) is 12.1 Å². The molecule has 3 rings (SSSR count). The van der Waals surface area contributed by atoms with Gasteiger partial charge in [-0.2, -0.15) is 0 Å². The van der Waals surface area contributed by atoms with Gasteiger partial charge in [0.25, 0.3) is 0 Å². The number of ether oxygens (including phenoxy) is 2. The zero-order valence-electron chi connectivity index (χ0n) is 11.9. The normalized spacial score (nSPS) is 21.2. The Kier molecular flexibility index (Phi) is 3.66. The van der Waals surface area contributed by atoms with Crippen LogP contribution in [0.25, 0.3) is 0 Å². The number of hydrogen-bond acceptors (Lipinski definition) is 4. The Hall–Kier alpha value is -1.55. The average molecular weight is 275 g/mol. The second-order valence-corrected chi connectivity index (χ2v) is 5.92. The first-order valence-corrected chi connectivity index (χ1v) is 7.27. The molecule has 108 valence electrons. The highest BCUT2D eigenvalue weighted by Gasteiger charge is 2.46. The van der Waals surface area contributed by atoms with Gasteiger partial charge in [0.05, 0.1) is 12.7 Å². The third-order valence-corrected chi connectivity index (χ3v) is 4.56. The van der Waals surface area contributed by atoms with Crippen molar-refractivity contribution in [3.63, 3.8) is 0 Å². The molecule has 1 spiro atoms. The van der Waals surface area contributed by atoms with Crippen molar-refractivity contribution >= 4 is 5.97 Å². The van der Waals surface area contributed by atoms with Crippen LogP contribution >= 0.6 is 0 Å². The molecule has 20 heavy (non-hydrogen) atoms. The molecule has 2 fully saturated rings. The second-order valence-electron chi connectivity index (χ2n) is 5.92. The van der Waals surface area contributed by atoms with Crippen LogP contribution in [0.1, 0.15) is 36.0 Å². The number of nitrogens with one attached hydrogen (secondary N) is 1. The van der Waals surface area contributed by atoms with Crippen molar-refractivity contribution in [1.82, 2.24) is 5.32 Å². The smallest absolute Gasteiger partial charge is 0.338 e. The highest BCUT2D eigenvalue weighted by molar-refractivity contribution is 5.90. The van der Waals surface area contributed by atoms with Gasteiger partial charge in [-0.15, -0.1) is 0 Å². The molecule has 1 aromatic carbocycles. The zero-order chi connectivity index (χ0) is 14.0. The minimum Gasteiger partial charge on any atom is -0.497 e. The molecular weight excluding hydrogens is 254 g/mol. The molecule has 1 aromatic rings. The third-order valence-electron chi connectivity index (χ3n) is 4.56. The van der Waals surface area contributed by atoms with Crippen LogP contribution in [0.2, 0.25) is 0 Å². The average Bonchev–Trinajstić information content (AvgIpc) is 2.46. The molecule has 1 saturated heterocycles. The number of hydrogen-bond donors (Lipinski definition) is 1. The number of piperidine rings is 1. The van der Waals surface area contributed by atoms with Gasteiger partial charge in [-0.3, -0.25) is 0 Å². The number of esters is 1. The molecule has 0 bridgehead atoms. The Morgan fingerprint density at radius 2 is 2.05 bits per heavy atom. The maximum atomic E-state index is 12.1. The van der Waals surface area contributed by atoms with E-state index in [4.69, 9.17) is 9.47 Å². The van der Waals surface area contributed by atoms with E-state index in [9.17, 15) is 4.79 Å². The molecule has 0 unspecified atom stereocenters. The molecule has 0 radical (unpaired) electrons. The SMILES string of the molecule is COc1cccc(C(=O)OC2CC3(CCNCC3)C2)c1. The van der Waals surface area contributed by atoms with E-state index >= 15 is 0 Å². The van der Waals surface area contributed by atoms with Gasteiger partial charge in [0, 0.05) is 0 Å². The van der Waals surface area contributed by atoms with Crippen LogP contribution in [0, 0.1) is 5.41 Å². The van der Waals surface area contributed by atoms with Crippen molar-refractivity contribution in [3.8, 4) is 5.75 Å². The number of methoxy groups -OCH3 is 1. The Bertz CT molecular complexity index is 486. The first-order chi connectivity index (χ1) is 9.71. The third kappa shape index (κ3) is 2.66. The number of carbonyl (C=O) groups excluding carboxylic acids is 1. The lowest BCUT2D eigenvalue weighted by Crippen LogP contribution is -2.49. The lowest BCUT2D eigenvalue weighted by Gasteiger charge is -2.49. The molecule has 1 aliphatic heterocycles. The zero-order valence-corrected chi connectivity index (χ0v) is 11.9. The monoisotopic (exact) mass is 275 g/mol. The minimum atomic E-state index is -0.238. The van der Waals surface area contributed by atoms with Gasteiger partial charge in [-0.25, -0.2) is 4.79 Å². The Morgan fingerprint density at radius 3 is 2.75 bits per heavy atom. The maximum absolute atomic E-state index is 12.1. The number of benzene rings is 1. The van der Waals surface area contributed by atoms with Crippen molar-refractivity contribution < 1.29 is 14.3 Å². The number of carbonyl (C=O) groups is 1. The lowest BCUT2D eigenvalue weighted by molar-refractivity contribution is -0.0666. The van der Waals surface area contributed by atoms with Gasteiger partial charge in [0.1, 0.15) is 11.9 Å². The lowest BCUT2D eigenvalue weighted by atomic mass is 9.62. The van der Waals surface area contributed by atoms with E-state index in [0.717, 1.165) is 25.9 Å². The predicted molar refractivity (Wildman–Crippen MR) is 76.0 cm³/mol. The Balaban J connectivity index is 1.55. The van der Waals surface area contributed by atoms with Crippen molar-refractivity contribution in [2.45, 2.75) is 31.8 Å². The van der Waals surface area contributed by atoms with Crippen LogP contribution in [0.15, 0.2) is 24.3 Å². The van der Waals surface area contributed by atoms with Crippen LogP contribution in [0.3, 0.4) is 0 Å². The van der Waals surface area contributed by atoms with Crippen LogP contribution in [-0.4, -0.2) is 32.3 Å². The molecule has 4 heteroatoms. The van der Waals surface area contributed by atoms with Gasteiger partial charge in [0.2, 0.25) is 0 Å². The van der Waals surface area contributed by atoms with E-state index in [0.29, 0.717) is 16.7 Å². The van der Waals surface area contributed by atoms with Crippen molar-refractivity contribution in [1.29, 1.82) is 0 Å². The standard InChI is InChI=1S/C16H21NO3/c1-19-13-4-2-3-12(9-13)15(18)20-14-10-16(11-14)5-7-17-8-6-16/h2-4,9,14,17H,5-8,10-11H2,1H3. The summed E-state index contributed by atoms with van der Waals surface area (Å²) in [7, 11) is 1.59. The largest absolute Gasteiger partial charge is 0.497 e. The minimum absolute atomic E-state index is 0.0896. The van der Waals surface area contributed by atoms with Gasteiger partial charge in [0.15, 0.2) is 0 Å². The van der Waals surface area contributed by atoms with E-state index in [1.165, 1.54) is 12.8 Å². The highest BCUT2D eigenvalue weighted by atomic mass is 16.5. The molecule has 1 aliphatic carbocycles. The topological polar surface area (TPSA) is 47.6 Å². The van der Waals surface area contributed by atoms with Crippen LogP contribution in [-0.2, 0) is 4.74 Å². The first kappa shape index (κ1) is 13.4. The summed E-state index contributed by atoms with van der Waals surface area (Å²) >= 11 is 0. The summed E-state index contributed by atoms with van der Waals surface area (Å²) in [4.78, 5) is 12.1. The summed E-state index contributed by atoms with van der Waals surface area (Å²) in [6, 6.07) is 7.12. The van der Waals surface area contributed by atoms with Crippen molar-refractivity contribution in [2.75, 3.05) is 20.2 Å². The fourth-order valence-electron chi connectivity index (χ4n) is 3.32. The van der Waals surface area contributed by atoms with E-state index < -0.39 is 0 Å². The van der Waals surface area contributed by atoms with E-state index in [2.05, 4.69) is 5.32 Å². The molecular formula is C16H21NO3. The van der Waals surface area contributed by atoms with Gasteiger partial charge in [-0.05, 0) is 62.4 Å². The highest BCUT2D eigenvalue weighted by Crippen LogP contribution is 2.49. The van der Waals surface area contributed by atoms with Gasteiger partial charge >= 0.3 is 5.97 Å². The molecule has 4 nitrogen and oxygen atoms in total. The van der Waals surface area contributed by atoms with Crippen LogP contribution in [0.4, 0.5) is 0 Å². The molecule has 0 atom stereocenters. The maximum Gasteiger partial charge on any atom is 0.338 e. The van der Waals surface area contributed by atoms with E-state index in [1.54, 1.807) is 19.2 Å². The molecule has 2 aliphatic rings. The molecule has 1 saturated carbocycles.